The van der Waals surface area contributed by atoms with Crippen molar-refractivity contribution in [1.82, 2.24) is 9.97 Å². The summed E-state index contributed by atoms with van der Waals surface area (Å²) in [4.78, 5) is 25.9. The van der Waals surface area contributed by atoms with Gasteiger partial charge >= 0.3 is 0 Å². The second-order valence-electron chi connectivity index (χ2n) is 6.49. The number of amides is 1. The molecule has 3 N–H and O–H groups in total. The number of benzene rings is 2. The Morgan fingerprint density at radius 1 is 1.18 bits per heavy atom. The molecule has 0 saturated heterocycles. The average Bonchev–Trinajstić information content (AvgIpc) is 3.34. The molecule has 0 fully saturated rings. The quantitative estimate of drug-likeness (QED) is 0.555. The highest BCUT2D eigenvalue weighted by Crippen LogP contribution is 2.39. The van der Waals surface area contributed by atoms with Crippen LogP contribution in [0.1, 0.15) is 21.5 Å². The number of hydrogen-bond donors (Lipinski definition) is 2. The number of nitrogens with one attached hydrogen (secondary N) is 1. The van der Waals surface area contributed by atoms with E-state index in [-0.39, 0.29) is 17.3 Å². The Hall–Kier alpha value is -3.58. The van der Waals surface area contributed by atoms with Crippen LogP contribution in [0.5, 0.6) is 0 Å². The van der Waals surface area contributed by atoms with Crippen LogP contribution in [0.2, 0.25) is 0 Å². The molecule has 4 aromatic rings. The standard InChI is InChI=1S/C21H15N5OS/c22-20-17(10-24-11-25-20)21(27)26-14-5-13-8-23-9-16(13)15(7-14)19-6-12-3-1-2-4-18(12)28-19/h1-8,10-11H,9H2,(H,26,27)(H2,22,24,25). The van der Waals surface area contributed by atoms with E-state index < -0.39 is 0 Å². The summed E-state index contributed by atoms with van der Waals surface area (Å²) < 4.78 is 1.23. The zero-order valence-corrected chi connectivity index (χ0v) is 15.5. The van der Waals surface area contributed by atoms with Gasteiger partial charge in [-0.3, -0.25) is 9.79 Å². The SMILES string of the molecule is Nc1ncncc1C(=O)Nc1cc2c(c(-c3cc4ccccc4s3)c1)CN=C2. The van der Waals surface area contributed by atoms with Crippen LogP contribution in [0.4, 0.5) is 11.5 Å². The van der Waals surface area contributed by atoms with Crippen molar-refractivity contribution in [3.63, 3.8) is 0 Å². The number of carbonyl (C=O) groups is 1. The number of nitrogens with two attached hydrogens (primary N) is 1. The van der Waals surface area contributed by atoms with Crippen molar-refractivity contribution in [1.29, 1.82) is 0 Å². The van der Waals surface area contributed by atoms with Gasteiger partial charge in [0.15, 0.2) is 0 Å². The zero-order chi connectivity index (χ0) is 19.1. The minimum absolute atomic E-state index is 0.153. The molecule has 28 heavy (non-hydrogen) atoms. The second-order valence-corrected chi connectivity index (χ2v) is 7.57. The lowest BCUT2D eigenvalue weighted by atomic mass is 10.00. The average molecular weight is 385 g/mol. The Morgan fingerprint density at radius 2 is 2.07 bits per heavy atom. The van der Waals surface area contributed by atoms with Gasteiger partial charge in [-0.15, -0.1) is 11.3 Å². The number of rotatable bonds is 3. The first-order valence-electron chi connectivity index (χ1n) is 8.71. The number of aliphatic imine (C=N–C) groups is 1. The minimum Gasteiger partial charge on any atom is -0.383 e. The Bertz CT molecular complexity index is 1230. The summed E-state index contributed by atoms with van der Waals surface area (Å²) >= 11 is 1.73. The van der Waals surface area contributed by atoms with Gasteiger partial charge in [-0.25, -0.2) is 9.97 Å². The molecular formula is C21H15N5OS. The lowest BCUT2D eigenvalue weighted by Crippen LogP contribution is -2.15. The van der Waals surface area contributed by atoms with Gasteiger partial charge in [-0.05, 0) is 40.8 Å². The van der Waals surface area contributed by atoms with Crippen molar-refractivity contribution in [2.75, 3.05) is 11.1 Å². The summed E-state index contributed by atoms with van der Waals surface area (Å²) in [6, 6.07) is 14.4. The van der Waals surface area contributed by atoms with Crippen LogP contribution in [-0.2, 0) is 6.54 Å². The van der Waals surface area contributed by atoms with E-state index in [1.165, 1.54) is 28.2 Å². The molecule has 2 aromatic carbocycles. The molecule has 5 rings (SSSR count). The van der Waals surface area contributed by atoms with Crippen molar-refractivity contribution in [3.05, 3.63) is 71.7 Å². The Labute approximate surface area is 164 Å². The van der Waals surface area contributed by atoms with Crippen LogP contribution in [0.15, 0.2) is 60.0 Å². The monoisotopic (exact) mass is 385 g/mol. The fourth-order valence-electron chi connectivity index (χ4n) is 3.34. The number of fused-ring (bicyclic) bond motifs is 2. The molecule has 1 aliphatic heterocycles. The molecule has 0 bridgehead atoms. The molecular weight excluding hydrogens is 370 g/mol. The van der Waals surface area contributed by atoms with E-state index in [0.717, 1.165) is 16.0 Å². The number of nitrogens with zero attached hydrogens (tertiary/aromatic N) is 3. The van der Waals surface area contributed by atoms with Crippen LogP contribution >= 0.6 is 11.3 Å². The van der Waals surface area contributed by atoms with E-state index in [4.69, 9.17) is 5.73 Å². The topological polar surface area (TPSA) is 93.3 Å². The van der Waals surface area contributed by atoms with E-state index in [0.29, 0.717) is 12.2 Å². The van der Waals surface area contributed by atoms with E-state index in [9.17, 15) is 4.79 Å². The first-order chi connectivity index (χ1) is 13.7. The molecule has 1 aliphatic rings. The maximum atomic E-state index is 12.6. The van der Waals surface area contributed by atoms with Gasteiger partial charge in [0.2, 0.25) is 0 Å². The summed E-state index contributed by atoms with van der Waals surface area (Å²) in [7, 11) is 0. The van der Waals surface area contributed by atoms with Crippen LogP contribution < -0.4 is 11.1 Å². The fraction of sp³-hybridized carbons (Fsp3) is 0.0476. The molecule has 1 amide bonds. The van der Waals surface area contributed by atoms with Crippen LogP contribution in [-0.4, -0.2) is 22.1 Å². The van der Waals surface area contributed by atoms with E-state index in [2.05, 4.69) is 38.5 Å². The molecule has 6 nitrogen and oxygen atoms in total. The number of thiophene rings is 1. The number of nitrogen functional groups attached to an aromatic ring is 1. The number of aromatic nitrogens is 2. The van der Waals surface area contributed by atoms with Crippen molar-refractivity contribution in [2.24, 2.45) is 4.99 Å². The molecule has 0 atom stereocenters. The maximum Gasteiger partial charge on any atom is 0.260 e. The predicted molar refractivity (Wildman–Crippen MR) is 113 cm³/mol. The van der Waals surface area contributed by atoms with E-state index >= 15 is 0 Å². The molecule has 3 heterocycles. The largest absolute Gasteiger partial charge is 0.383 e. The van der Waals surface area contributed by atoms with Gasteiger partial charge in [0.25, 0.3) is 5.91 Å². The van der Waals surface area contributed by atoms with Gasteiger partial charge in [0, 0.05) is 33.2 Å². The normalized spacial score (nSPS) is 12.3. The first kappa shape index (κ1) is 16.6. The number of anilines is 2. The first-order valence-corrected chi connectivity index (χ1v) is 9.53. The summed E-state index contributed by atoms with van der Waals surface area (Å²) in [6.07, 6.45) is 4.58. The third-order valence-corrected chi connectivity index (χ3v) is 5.85. The smallest absolute Gasteiger partial charge is 0.260 e. The zero-order valence-electron chi connectivity index (χ0n) is 14.7. The van der Waals surface area contributed by atoms with Gasteiger partial charge in [0.1, 0.15) is 17.7 Å². The molecule has 136 valence electrons. The molecule has 0 radical (unpaired) electrons. The Balaban J connectivity index is 1.57. The van der Waals surface area contributed by atoms with Crippen molar-refractivity contribution < 1.29 is 4.79 Å². The van der Waals surface area contributed by atoms with Gasteiger partial charge in [-0.1, -0.05) is 18.2 Å². The van der Waals surface area contributed by atoms with Crippen molar-refractivity contribution >= 4 is 45.0 Å². The summed E-state index contributed by atoms with van der Waals surface area (Å²) in [5.74, 6) is -0.185. The highest BCUT2D eigenvalue weighted by Gasteiger charge is 2.18. The van der Waals surface area contributed by atoms with Crippen molar-refractivity contribution in [3.8, 4) is 10.4 Å². The minimum atomic E-state index is -0.338. The molecule has 0 spiro atoms. The molecule has 7 heteroatoms. The highest BCUT2D eigenvalue weighted by atomic mass is 32.1. The predicted octanol–water partition coefficient (Wildman–Crippen LogP) is 4.13. The van der Waals surface area contributed by atoms with Crippen LogP contribution in [0, 0.1) is 0 Å². The van der Waals surface area contributed by atoms with Crippen molar-refractivity contribution in [2.45, 2.75) is 6.54 Å². The lowest BCUT2D eigenvalue weighted by molar-refractivity contribution is 0.102. The molecule has 0 saturated carbocycles. The van der Waals surface area contributed by atoms with Crippen LogP contribution in [0.3, 0.4) is 0 Å². The van der Waals surface area contributed by atoms with E-state index in [1.807, 2.05) is 30.5 Å². The van der Waals surface area contributed by atoms with Crippen LogP contribution in [0.25, 0.3) is 20.5 Å². The van der Waals surface area contributed by atoms with Gasteiger partial charge < -0.3 is 11.1 Å². The molecule has 0 unspecified atom stereocenters. The summed E-state index contributed by atoms with van der Waals surface area (Å²) in [5.41, 5.74) is 10.0. The Morgan fingerprint density at radius 3 is 2.93 bits per heavy atom. The van der Waals surface area contributed by atoms with Gasteiger partial charge in [-0.2, -0.15) is 0 Å². The third kappa shape index (κ3) is 2.82. The Kier molecular flexibility index (Phi) is 3.87. The number of carbonyl (C=O) groups excluding carboxylic acids is 1. The van der Waals surface area contributed by atoms with E-state index in [1.54, 1.807) is 11.3 Å². The number of hydrogen-bond acceptors (Lipinski definition) is 6. The highest BCUT2D eigenvalue weighted by molar-refractivity contribution is 7.22. The summed E-state index contributed by atoms with van der Waals surface area (Å²) in [6.45, 7) is 0.645. The molecule has 0 aliphatic carbocycles. The maximum absolute atomic E-state index is 12.6. The second kappa shape index (κ2) is 6.54. The third-order valence-electron chi connectivity index (χ3n) is 4.70. The lowest BCUT2D eigenvalue weighted by Gasteiger charge is -2.12. The molecule has 2 aromatic heterocycles. The summed E-state index contributed by atoms with van der Waals surface area (Å²) in [5, 5.41) is 4.12. The fourth-order valence-corrected chi connectivity index (χ4v) is 4.45. The van der Waals surface area contributed by atoms with Gasteiger partial charge in [0.05, 0.1) is 6.54 Å².